The number of allylic oxidation sites excluding steroid dienone is 4. The molecule has 0 spiro atoms. The fourth-order valence-electron chi connectivity index (χ4n) is 3.99. The number of ketones is 1. The van der Waals surface area contributed by atoms with Gasteiger partial charge in [-0.2, -0.15) is 5.26 Å². The monoisotopic (exact) mass is 334 g/mol. The second-order valence-corrected chi connectivity index (χ2v) is 8.36. The van der Waals surface area contributed by atoms with Crippen molar-refractivity contribution in [1.82, 2.24) is 5.32 Å². The molecule has 0 saturated heterocycles. The normalized spacial score (nSPS) is 22.6. The predicted octanol–water partition coefficient (Wildman–Crippen LogP) is 4.94. The van der Waals surface area contributed by atoms with Crippen molar-refractivity contribution in [2.45, 2.75) is 59.3 Å². The largest absolute Gasteiger partial charge is 0.361 e. The zero-order valence-electron chi connectivity index (χ0n) is 15.7. The van der Waals surface area contributed by atoms with Gasteiger partial charge in [-0.05, 0) is 35.8 Å². The summed E-state index contributed by atoms with van der Waals surface area (Å²) in [6.07, 6.45) is 1.37. The molecule has 2 aliphatic rings. The van der Waals surface area contributed by atoms with E-state index in [9.17, 15) is 10.1 Å². The van der Waals surface area contributed by atoms with Gasteiger partial charge in [0.05, 0.1) is 17.6 Å². The van der Waals surface area contributed by atoms with Crippen LogP contribution in [0.15, 0.2) is 46.8 Å². The third kappa shape index (κ3) is 3.14. The molecule has 3 nitrogen and oxygen atoms in total. The van der Waals surface area contributed by atoms with Gasteiger partial charge in [-0.1, -0.05) is 52.0 Å². The summed E-state index contributed by atoms with van der Waals surface area (Å²) in [5, 5.41) is 13.1. The van der Waals surface area contributed by atoms with Crippen molar-refractivity contribution in [2.24, 2.45) is 5.41 Å². The highest BCUT2D eigenvalue weighted by molar-refractivity contribution is 6.00. The number of nitrogens with one attached hydrogen (secondary N) is 1. The Morgan fingerprint density at radius 3 is 2.40 bits per heavy atom. The van der Waals surface area contributed by atoms with Crippen LogP contribution in [0.4, 0.5) is 0 Å². The first-order valence-corrected chi connectivity index (χ1v) is 8.97. The third-order valence-electron chi connectivity index (χ3n) is 5.30. The van der Waals surface area contributed by atoms with Crippen LogP contribution in [0.5, 0.6) is 0 Å². The maximum Gasteiger partial charge on any atom is 0.162 e. The summed E-state index contributed by atoms with van der Waals surface area (Å²) in [4.78, 5) is 12.9. The summed E-state index contributed by atoms with van der Waals surface area (Å²) in [6.45, 7) is 10.5. The van der Waals surface area contributed by atoms with Gasteiger partial charge in [0.25, 0.3) is 0 Å². The molecule has 0 bridgehead atoms. The van der Waals surface area contributed by atoms with E-state index in [0.29, 0.717) is 17.9 Å². The fourth-order valence-corrected chi connectivity index (χ4v) is 3.99. The number of rotatable bonds is 2. The van der Waals surface area contributed by atoms with Gasteiger partial charge >= 0.3 is 0 Å². The van der Waals surface area contributed by atoms with Crippen molar-refractivity contribution in [2.75, 3.05) is 0 Å². The molecule has 130 valence electrons. The highest BCUT2D eigenvalue weighted by Gasteiger charge is 2.40. The fraction of sp³-hybridized carbons (Fsp3) is 0.455. The molecule has 25 heavy (non-hydrogen) atoms. The van der Waals surface area contributed by atoms with Gasteiger partial charge in [0.1, 0.15) is 0 Å². The van der Waals surface area contributed by atoms with E-state index >= 15 is 0 Å². The number of dihydropyridines is 1. The van der Waals surface area contributed by atoms with Gasteiger partial charge in [0, 0.05) is 23.4 Å². The molecule has 0 amide bonds. The van der Waals surface area contributed by atoms with Crippen LogP contribution in [0, 0.1) is 16.7 Å². The number of carbonyl (C=O) groups excluding carboxylic acids is 1. The number of hydrogen-bond acceptors (Lipinski definition) is 3. The van der Waals surface area contributed by atoms with Crippen molar-refractivity contribution in [3.05, 3.63) is 57.9 Å². The number of nitriles is 1. The van der Waals surface area contributed by atoms with Gasteiger partial charge in [-0.15, -0.1) is 0 Å². The molecule has 1 aromatic rings. The Bertz CT molecular complexity index is 817. The van der Waals surface area contributed by atoms with Crippen LogP contribution in [0.3, 0.4) is 0 Å². The average Bonchev–Trinajstić information content (AvgIpc) is 2.52. The molecule has 1 N–H and O–H groups in total. The molecule has 1 aliphatic carbocycles. The van der Waals surface area contributed by atoms with Crippen LogP contribution in [0.1, 0.15) is 70.4 Å². The lowest BCUT2D eigenvalue weighted by molar-refractivity contribution is -0.118. The number of hydrogen-bond donors (Lipinski definition) is 1. The van der Waals surface area contributed by atoms with Crippen molar-refractivity contribution in [3.63, 3.8) is 0 Å². The molecule has 0 saturated carbocycles. The van der Waals surface area contributed by atoms with Crippen LogP contribution >= 0.6 is 0 Å². The molecule has 1 heterocycles. The summed E-state index contributed by atoms with van der Waals surface area (Å²) in [7, 11) is 0. The number of Topliss-reactive ketones (excluding diaryl/α,β-unsaturated/α-hetero) is 1. The Labute approximate surface area is 150 Å². The van der Waals surface area contributed by atoms with E-state index in [1.54, 1.807) is 0 Å². The van der Waals surface area contributed by atoms with Crippen LogP contribution in [0.2, 0.25) is 0 Å². The first kappa shape index (κ1) is 17.5. The van der Waals surface area contributed by atoms with E-state index in [-0.39, 0.29) is 17.1 Å². The summed E-state index contributed by atoms with van der Waals surface area (Å²) in [5.74, 6) is 0.379. The summed E-state index contributed by atoms with van der Waals surface area (Å²) in [6, 6.07) is 10.7. The Morgan fingerprint density at radius 2 is 1.84 bits per heavy atom. The predicted molar refractivity (Wildman–Crippen MR) is 99.8 cm³/mol. The SMILES string of the molecule is CC1=C(C#N)[C@H](c2ccc(C(C)C)cc2)C2=C(CC(C)(C)CC2=O)N1. The first-order chi connectivity index (χ1) is 11.7. The summed E-state index contributed by atoms with van der Waals surface area (Å²) < 4.78 is 0. The van der Waals surface area contributed by atoms with Gasteiger partial charge in [0.15, 0.2) is 5.78 Å². The van der Waals surface area contributed by atoms with Gasteiger partial charge in [-0.3, -0.25) is 4.79 Å². The van der Waals surface area contributed by atoms with Crippen LogP contribution in [-0.4, -0.2) is 5.78 Å². The molecule has 1 aliphatic heterocycles. The van der Waals surface area contributed by atoms with Gasteiger partial charge < -0.3 is 5.32 Å². The standard InChI is InChI=1S/C22H26N2O/c1-13(2)15-6-8-16(9-7-15)20-17(12-23)14(3)24-18-10-22(4,5)11-19(25)21(18)20/h6-9,13,20,24H,10-11H2,1-5H3/t20-/m0/s1. The summed E-state index contributed by atoms with van der Waals surface area (Å²) in [5.41, 5.74) is 5.56. The van der Waals surface area contributed by atoms with Gasteiger partial charge in [0.2, 0.25) is 0 Å². The quantitative estimate of drug-likeness (QED) is 0.833. The maximum atomic E-state index is 12.9. The van der Waals surface area contributed by atoms with Crippen molar-refractivity contribution < 1.29 is 4.79 Å². The Morgan fingerprint density at radius 1 is 1.20 bits per heavy atom. The Kier molecular flexibility index (Phi) is 4.33. The lowest BCUT2D eigenvalue weighted by Crippen LogP contribution is -2.36. The Balaban J connectivity index is 2.12. The minimum absolute atomic E-state index is 0.0423. The molecule has 0 unspecified atom stereocenters. The summed E-state index contributed by atoms with van der Waals surface area (Å²) >= 11 is 0. The lowest BCUT2D eigenvalue weighted by atomic mass is 9.69. The van der Waals surface area contributed by atoms with E-state index in [4.69, 9.17) is 0 Å². The van der Waals surface area contributed by atoms with E-state index < -0.39 is 0 Å². The first-order valence-electron chi connectivity index (χ1n) is 8.97. The number of benzene rings is 1. The zero-order chi connectivity index (χ0) is 18.4. The van der Waals surface area contributed by atoms with Gasteiger partial charge in [-0.25, -0.2) is 0 Å². The highest BCUT2D eigenvalue weighted by atomic mass is 16.1. The van der Waals surface area contributed by atoms with E-state index in [1.165, 1.54) is 5.56 Å². The van der Waals surface area contributed by atoms with E-state index in [1.807, 2.05) is 6.92 Å². The minimum atomic E-state index is -0.244. The molecular weight excluding hydrogens is 308 g/mol. The topological polar surface area (TPSA) is 52.9 Å². The molecular formula is C22H26N2O. The van der Waals surface area contributed by atoms with Crippen molar-refractivity contribution >= 4 is 5.78 Å². The second kappa shape index (κ2) is 6.19. The second-order valence-electron chi connectivity index (χ2n) is 8.36. The van der Waals surface area contributed by atoms with E-state index in [0.717, 1.165) is 29.0 Å². The maximum absolute atomic E-state index is 12.9. The number of carbonyl (C=O) groups is 1. The third-order valence-corrected chi connectivity index (χ3v) is 5.30. The van der Waals surface area contributed by atoms with Crippen molar-refractivity contribution in [3.8, 4) is 6.07 Å². The van der Waals surface area contributed by atoms with Crippen LogP contribution < -0.4 is 5.32 Å². The lowest BCUT2D eigenvalue weighted by Gasteiger charge is -2.38. The molecule has 3 rings (SSSR count). The van der Waals surface area contributed by atoms with Crippen LogP contribution in [0.25, 0.3) is 0 Å². The molecule has 0 aromatic heterocycles. The molecule has 1 atom stereocenters. The highest BCUT2D eigenvalue weighted by Crippen LogP contribution is 2.46. The minimum Gasteiger partial charge on any atom is -0.361 e. The Hall–Kier alpha value is -2.34. The molecule has 3 heteroatoms. The van der Waals surface area contributed by atoms with Crippen LogP contribution in [-0.2, 0) is 4.79 Å². The molecule has 0 fully saturated rings. The zero-order valence-corrected chi connectivity index (χ0v) is 15.7. The number of nitrogens with zero attached hydrogens (tertiary/aromatic N) is 1. The van der Waals surface area contributed by atoms with E-state index in [2.05, 4.69) is 63.3 Å². The molecule has 0 radical (unpaired) electrons. The average molecular weight is 334 g/mol. The smallest absolute Gasteiger partial charge is 0.162 e. The molecule has 1 aromatic carbocycles. The van der Waals surface area contributed by atoms with Crippen molar-refractivity contribution in [1.29, 1.82) is 5.26 Å².